The molecule has 0 radical (unpaired) electrons. The van der Waals surface area contributed by atoms with Crippen LogP contribution in [0, 0.1) is 6.92 Å². The average Bonchev–Trinajstić information content (AvgIpc) is 3.06. The first kappa shape index (κ1) is 18.4. The normalized spacial score (nSPS) is 13.7. The number of amides is 1. The van der Waals surface area contributed by atoms with E-state index >= 15 is 0 Å². The lowest BCUT2D eigenvalue weighted by Crippen LogP contribution is -2.25. The maximum atomic E-state index is 13.4. The number of carbonyl (C=O) groups excluding carboxylic acids is 1. The molecule has 144 valence electrons. The first-order valence-electron chi connectivity index (χ1n) is 8.24. The molecule has 1 aliphatic heterocycles. The van der Waals surface area contributed by atoms with Gasteiger partial charge in [0.15, 0.2) is 12.3 Å². The van der Waals surface area contributed by atoms with Gasteiger partial charge in [0.1, 0.15) is 5.75 Å². The smallest absolute Gasteiger partial charge is 0.435 e. The molecular weight excluding hydrogens is 395 g/mol. The molecule has 28 heavy (non-hydrogen) atoms. The predicted molar refractivity (Wildman–Crippen MR) is 97.9 cm³/mol. The van der Waals surface area contributed by atoms with Crippen LogP contribution in [0.25, 0.3) is 16.9 Å². The van der Waals surface area contributed by atoms with Gasteiger partial charge in [0.05, 0.1) is 22.1 Å². The zero-order chi connectivity index (χ0) is 20.1. The Morgan fingerprint density at radius 1 is 1.21 bits per heavy atom. The number of alkyl halides is 3. The first-order valence-corrected chi connectivity index (χ1v) is 8.61. The van der Waals surface area contributed by atoms with Gasteiger partial charge < -0.3 is 10.1 Å². The molecule has 0 atom stereocenters. The molecule has 0 bridgehead atoms. The number of benzene rings is 2. The van der Waals surface area contributed by atoms with Crippen LogP contribution in [0.1, 0.15) is 11.3 Å². The lowest BCUT2D eigenvalue weighted by Gasteiger charge is -2.19. The summed E-state index contributed by atoms with van der Waals surface area (Å²) in [6, 6.07) is 10.7. The van der Waals surface area contributed by atoms with Crippen molar-refractivity contribution in [3.63, 3.8) is 0 Å². The first-order chi connectivity index (χ1) is 13.2. The van der Waals surface area contributed by atoms with Crippen LogP contribution in [-0.2, 0) is 11.0 Å². The summed E-state index contributed by atoms with van der Waals surface area (Å²) >= 11 is 6.26. The highest BCUT2D eigenvalue weighted by Gasteiger charge is 2.36. The predicted octanol–water partition coefficient (Wildman–Crippen LogP) is 4.85. The van der Waals surface area contributed by atoms with Crippen molar-refractivity contribution in [3.8, 4) is 22.7 Å². The SMILES string of the molecule is Cc1cccc(Cl)c1-n1nc(C(F)(F)F)cc1-c1ccc2c(c1)NC(=O)CO2. The fourth-order valence-corrected chi connectivity index (χ4v) is 3.33. The Kier molecular flexibility index (Phi) is 4.30. The number of rotatable bonds is 2. The average molecular weight is 408 g/mol. The van der Waals surface area contributed by atoms with Crippen molar-refractivity contribution in [2.75, 3.05) is 11.9 Å². The molecule has 0 fully saturated rings. The number of para-hydroxylation sites is 1. The fourth-order valence-electron chi connectivity index (χ4n) is 3.03. The van der Waals surface area contributed by atoms with Crippen molar-refractivity contribution in [1.82, 2.24) is 9.78 Å². The Balaban J connectivity index is 1.93. The van der Waals surface area contributed by atoms with Gasteiger partial charge in [0, 0.05) is 5.56 Å². The van der Waals surface area contributed by atoms with Gasteiger partial charge in [-0.2, -0.15) is 18.3 Å². The topological polar surface area (TPSA) is 56.2 Å². The molecule has 1 amide bonds. The van der Waals surface area contributed by atoms with Crippen LogP contribution in [0.15, 0.2) is 42.5 Å². The van der Waals surface area contributed by atoms with E-state index in [-0.39, 0.29) is 23.2 Å². The number of nitrogens with zero attached hydrogens (tertiary/aromatic N) is 2. The zero-order valence-electron chi connectivity index (χ0n) is 14.5. The molecule has 9 heteroatoms. The van der Waals surface area contributed by atoms with Crippen molar-refractivity contribution >= 4 is 23.2 Å². The van der Waals surface area contributed by atoms with Crippen LogP contribution < -0.4 is 10.1 Å². The van der Waals surface area contributed by atoms with Gasteiger partial charge in [-0.3, -0.25) is 4.79 Å². The number of halogens is 4. The standard InChI is InChI=1S/C19H13ClF3N3O2/c1-10-3-2-4-12(20)18(10)26-14(8-16(25-26)19(21,22)23)11-5-6-15-13(7-11)24-17(27)9-28-15/h2-8H,9H2,1H3,(H,24,27). The van der Waals surface area contributed by atoms with Gasteiger partial charge in [-0.15, -0.1) is 0 Å². The lowest BCUT2D eigenvalue weighted by atomic mass is 10.1. The van der Waals surface area contributed by atoms with Gasteiger partial charge >= 0.3 is 6.18 Å². The number of anilines is 1. The minimum Gasteiger partial charge on any atom is -0.482 e. The summed E-state index contributed by atoms with van der Waals surface area (Å²) in [5.41, 5.74) is 0.969. The summed E-state index contributed by atoms with van der Waals surface area (Å²) in [4.78, 5) is 11.6. The molecule has 0 saturated heterocycles. The number of hydrogen-bond donors (Lipinski definition) is 1. The van der Waals surface area contributed by atoms with Crippen molar-refractivity contribution in [2.45, 2.75) is 13.1 Å². The van der Waals surface area contributed by atoms with Crippen LogP contribution in [0.2, 0.25) is 5.02 Å². The summed E-state index contributed by atoms with van der Waals surface area (Å²) < 4.78 is 46.5. The summed E-state index contributed by atoms with van der Waals surface area (Å²) in [7, 11) is 0. The van der Waals surface area contributed by atoms with Crippen LogP contribution in [0.3, 0.4) is 0 Å². The van der Waals surface area contributed by atoms with E-state index in [0.29, 0.717) is 28.3 Å². The second-order valence-electron chi connectivity index (χ2n) is 6.28. The highest BCUT2D eigenvalue weighted by molar-refractivity contribution is 6.32. The Bertz CT molecular complexity index is 1070. The van der Waals surface area contributed by atoms with Crippen molar-refractivity contribution in [1.29, 1.82) is 0 Å². The van der Waals surface area contributed by atoms with Crippen LogP contribution in [0.4, 0.5) is 18.9 Å². The van der Waals surface area contributed by atoms with Crippen molar-refractivity contribution < 1.29 is 22.7 Å². The quantitative estimate of drug-likeness (QED) is 0.660. The lowest BCUT2D eigenvalue weighted by molar-refractivity contribution is -0.141. The van der Waals surface area contributed by atoms with E-state index in [1.165, 1.54) is 4.68 Å². The molecule has 1 N–H and O–H groups in total. The molecule has 0 saturated carbocycles. The second kappa shape index (κ2) is 6.56. The van der Waals surface area contributed by atoms with Crippen molar-refractivity contribution in [2.24, 2.45) is 0 Å². The zero-order valence-corrected chi connectivity index (χ0v) is 15.2. The van der Waals surface area contributed by atoms with Gasteiger partial charge in [0.25, 0.3) is 5.91 Å². The summed E-state index contributed by atoms with van der Waals surface area (Å²) in [6.07, 6.45) is -4.62. The molecule has 4 rings (SSSR count). The van der Waals surface area contributed by atoms with E-state index in [1.807, 2.05) is 0 Å². The number of nitrogens with one attached hydrogen (secondary N) is 1. The molecule has 2 aromatic carbocycles. The summed E-state index contributed by atoms with van der Waals surface area (Å²) in [5, 5.41) is 6.68. The number of fused-ring (bicyclic) bond motifs is 1. The van der Waals surface area contributed by atoms with Gasteiger partial charge in [-0.25, -0.2) is 4.68 Å². The Morgan fingerprint density at radius 2 is 2.00 bits per heavy atom. The van der Waals surface area contributed by atoms with E-state index in [2.05, 4.69) is 10.4 Å². The third-order valence-corrected chi connectivity index (χ3v) is 4.61. The number of aromatic nitrogens is 2. The largest absolute Gasteiger partial charge is 0.482 e. The number of ether oxygens (including phenoxy) is 1. The maximum absolute atomic E-state index is 13.4. The summed E-state index contributed by atoms with van der Waals surface area (Å²) in [6.45, 7) is 1.63. The monoisotopic (exact) mass is 407 g/mol. The van der Waals surface area contributed by atoms with Crippen molar-refractivity contribution in [3.05, 3.63) is 58.7 Å². The van der Waals surface area contributed by atoms with E-state index in [4.69, 9.17) is 16.3 Å². The Hall–Kier alpha value is -3.00. The number of carbonyl (C=O) groups is 1. The Labute approximate surface area is 162 Å². The van der Waals surface area contributed by atoms with E-state index < -0.39 is 11.9 Å². The maximum Gasteiger partial charge on any atom is 0.435 e. The van der Waals surface area contributed by atoms with Crippen LogP contribution >= 0.6 is 11.6 Å². The number of hydrogen-bond acceptors (Lipinski definition) is 3. The molecule has 5 nitrogen and oxygen atoms in total. The minimum atomic E-state index is -4.62. The van der Waals surface area contributed by atoms with Crippen LogP contribution in [0.5, 0.6) is 5.75 Å². The summed E-state index contributed by atoms with van der Waals surface area (Å²) in [5.74, 6) is 0.107. The van der Waals surface area contributed by atoms with Gasteiger partial charge in [-0.05, 0) is 42.8 Å². The van der Waals surface area contributed by atoms with Crippen LogP contribution in [-0.4, -0.2) is 22.3 Å². The molecule has 0 unspecified atom stereocenters. The highest BCUT2D eigenvalue weighted by atomic mass is 35.5. The Morgan fingerprint density at radius 3 is 2.71 bits per heavy atom. The molecule has 0 aliphatic carbocycles. The van der Waals surface area contributed by atoms with Gasteiger partial charge in [0.2, 0.25) is 0 Å². The molecule has 2 heterocycles. The third-order valence-electron chi connectivity index (χ3n) is 4.31. The highest BCUT2D eigenvalue weighted by Crippen LogP contribution is 2.38. The van der Waals surface area contributed by atoms with E-state index in [9.17, 15) is 18.0 Å². The molecule has 1 aliphatic rings. The molecule has 1 aromatic heterocycles. The minimum absolute atomic E-state index is 0.110. The van der Waals surface area contributed by atoms with E-state index in [1.54, 1.807) is 43.3 Å². The second-order valence-corrected chi connectivity index (χ2v) is 6.68. The van der Waals surface area contributed by atoms with Gasteiger partial charge in [-0.1, -0.05) is 23.7 Å². The third kappa shape index (κ3) is 3.20. The molecule has 3 aromatic rings. The molecule has 0 spiro atoms. The fraction of sp³-hybridized carbons (Fsp3) is 0.158. The van der Waals surface area contributed by atoms with E-state index in [0.717, 1.165) is 6.07 Å². The number of aryl methyl sites for hydroxylation is 1. The molecular formula is C19H13ClF3N3O2.